The zero-order valence-corrected chi connectivity index (χ0v) is 17.7. The molecule has 3 N–H and O–H groups in total. The van der Waals surface area contributed by atoms with Crippen LogP contribution >= 0.6 is 0 Å². The summed E-state index contributed by atoms with van der Waals surface area (Å²) < 4.78 is 5.99. The third kappa shape index (κ3) is 9.87. The summed E-state index contributed by atoms with van der Waals surface area (Å²) in [6.45, 7) is 12.2. The number of aliphatic imine (C=N–C) groups is 1. The van der Waals surface area contributed by atoms with Gasteiger partial charge in [0.25, 0.3) is 0 Å². The maximum atomic E-state index is 11.7. The number of nitrogens with zero attached hydrogens (tertiary/aromatic N) is 1. The van der Waals surface area contributed by atoms with E-state index in [1.807, 2.05) is 13.8 Å². The Morgan fingerprint density at radius 3 is 2.56 bits per heavy atom. The summed E-state index contributed by atoms with van der Waals surface area (Å²) >= 11 is 0. The lowest BCUT2D eigenvalue weighted by atomic mass is 10.1. The first-order valence-electron chi connectivity index (χ1n) is 9.78. The van der Waals surface area contributed by atoms with Crippen LogP contribution in [-0.4, -0.2) is 38.1 Å². The standard InChI is InChI=1S/C21H36N4O2/c1-15(2)10-12-27-19-13-17(5)7-8-18(19)14-24-21(22-6)23-11-9-20(26)25-16(3)4/h7-8,13,15-16H,9-12,14H2,1-6H3,(H,25,26)(H2,22,23,24). The monoisotopic (exact) mass is 376 g/mol. The SMILES string of the molecule is CN=C(NCCC(=O)NC(C)C)NCc1ccc(C)cc1OCCC(C)C. The molecule has 1 aromatic rings. The molecule has 152 valence electrons. The van der Waals surface area contributed by atoms with Crippen molar-refractivity contribution in [2.75, 3.05) is 20.2 Å². The number of amides is 1. The molecule has 0 atom stereocenters. The van der Waals surface area contributed by atoms with Gasteiger partial charge in [-0.2, -0.15) is 0 Å². The number of nitrogens with one attached hydrogen (secondary N) is 3. The second kappa shape index (κ2) is 12.2. The first-order valence-corrected chi connectivity index (χ1v) is 9.78. The number of benzene rings is 1. The van der Waals surface area contributed by atoms with E-state index >= 15 is 0 Å². The number of guanidine groups is 1. The minimum Gasteiger partial charge on any atom is -0.493 e. The van der Waals surface area contributed by atoms with E-state index in [4.69, 9.17) is 4.74 Å². The zero-order valence-electron chi connectivity index (χ0n) is 17.7. The molecule has 1 aromatic carbocycles. The molecule has 0 bridgehead atoms. The smallest absolute Gasteiger partial charge is 0.221 e. The molecule has 0 radical (unpaired) electrons. The maximum absolute atomic E-state index is 11.7. The first-order chi connectivity index (χ1) is 12.8. The minimum atomic E-state index is 0.0346. The van der Waals surface area contributed by atoms with Gasteiger partial charge >= 0.3 is 0 Å². The van der Waals surface area contributed by atoms with Crippen LogP contribution in [0.25, 0.3) is 0 Å². The minimum absolute atomic E-state index is 0.0346. The van der Waals surface area contributed by atoms with E-state index < -0.39 is 0 Å². The summed E-state index contributed by atoms with van der Waals surface area (Å²) in [5, 5.41) is 9.33. The summed E-state index contributed by atoms with van der Waals surface area (Å²) in [5.74, 6) is 2.23. The number of carbonyl (C=O) groups excluding carboxylic acids is 1. The summed E-state index contributed by atoms with van der Waals surface area (Å²) in [6.07, 6.45) is 1.44. The summed E-state index contributed by atoms with van der Waals surface area (Å²) in [4.78, 5) is 15.9. The fourth-order valence-corrected chi connectivity index (χ4v) is 2.43. The molecular weight excluding hydrogens is 340 g/mol. The molecule has 0 aliphatic heterocycles. The van der Waals surface area contributed by atoms with Gasteiger partial charge in [-0.15, -0.1) is 0 Å². The second-order valence-corrected chi connectivity index (χ2v) is 7.47. The fourth-order valence-electron chi connectivity index (χ4n) is 2.43. The van der Waals surface area contributed by atoms with Gasteiger partial charge in [-0.05, 0) is 44.7 Å². The average molecular weight is 377 g/mol. The number of ether oxygens (including phenoxy) is 1. The Hall–Kier alpha value is -2.24. The van der Waals surface area contributed by atoms with Gasteiger partial charge in [-0.1, -0.05) is 26.0 Å². The molecule has 0 unspecified atom stereocenters. The summed E-state index contributed by atoms with van der Waals surface area (Å²) in [7, 11) is 1.72. The van der Waals surface area contributed by atoms with Gasteiger partial charge < -0.3 is 20.7 Å². The third-order valence-corrected chi connectivity index (χ3v) is 3.94. The molecule has 27 heavy (non-hydrogen) atoms. The molecule has 0 aromatic heterocycles. The van der Waals surface area contributed by atoms with Crippen LogP contribution in [0, 0.1) is 12.8 Å². The number of hydrogen-bond acceptors (Lipinski definition) is 3. The van der Waals surface area contributed by atoms with Crippen LogP contribution in [0.4, 0.5) is 0 Å². The fraction of sp³-hybridized carbons (Fsp3) is 0.619. The van der Waals surface area contributed by atoms with E-state index in [1.165, 1.54) is 5.56 Å². The van der Waals surface area contributed by atoms with Gasteiger partial charge in [0.15, 0.2) is 5.96 Å². The summed E-state index contributed by atoms with van der Waals surface area (Å²) in [5.41, 5.74) is 2.27. The lowest BCUT2D eigenvalue weighted by Gasteiger charge is -2.16. The van der Waals surface area contributed by atoms with Crippen LogP contribution in [0.1, 0.15) is 51.7 Å². The summed E-state index contributed by atoms with van der Waals surface area (Å²) in [6, 6.07) is 6.39. The number of hydrogen-bond donors (Lipinski definition) is 3. The third-order valence-electron chi connectivity index (χ3n) is 3.94. The molecule has 0 saturated carbocycles. The predicted molar refractivity (Wildman–Crippen MR) is 112 cm³/mol. The van der Waals surface area contributed by atoms with Crippen LogP contribution in [0.5, 0.6) is 5.75 Å². The Bertz CT molecular complexity index is 612. The van der Waals surface area contributed by atoms with Gasteiger partial charge in [-0.3, -0.25) is 9.79 Å². The van der Waals surface area contributed by atoms with E-state index in [0.29, 0.717) is 38.0 Å². The highest BCUT2D eigenvalue weighted by atomic mass is 16.5. The maximum Gasteiger partial charge on any atom is 0.221 e. The van der Waals surface area contributed by atoms with Crippen molar-refractivity contribution in [2.45, 2.75) is 60.0 Å². The van der Waals surface area contributed by atoms with Crippen molar-refractivity contribution in [3.8, 4) is 5.75 Å². The van der Waals surface area contributed by atoms with Crippen LogP contribution in [0.15, 0.2) is 23.2 Å². The van der Waals surface area contributed by atoms with Gasteiger partial charge in [0, 0.05) is 38.2 Å². The Kier molecular flexibility index (Phi) is 10.3. The lowest BCUT2D eigenvalue weighted by molar-refractivity contribution is -0.121. The van der Waals surface area contributed by atoms with E-state index in [9.17, 15) is 4.79 Å². The molecule has 0 fully saturated rings. The highest BCUT2D eigenvalue weighted by molar-refractivity contribution is 5.81. The molecule has 6 nitrogen and oxygen atoms in total. The number of carbonyl (C=O) groups is 1. The normalized spacial score (nSPS) is 11.6. The van der Waals surface area contributed by atoms with Gasteiger partial charge in [0.05, 0.1) is 6.61 Å². The quantitative estimate of drug-likeness (QED) is 0.433. The average Bonchev–Trinajstić information content (AvgIpc) is 2.58. The number of rotatable bonds is 10. The predicted octanol–water partition coefficient (Wildman–Crippen LogP) is 3.00. The van der Waals surface area contributed by atoms with Crippen molar-refractivity contribution >= 4 is 11.9 Å². The van der Waals surface area contributed by atoms with Crippen molar-refractivity contribution in [3.63, 3.8) is 0 Å². The molecule has 0 heterocycles. The molecule has 0 saturated heterocycles. The van der Waals surface area contributed by atoms with Crippen LogP contribution in [0.3, 0.4) is 0 Å². The molecule has 0 aliphatic rings. The highest BCUT2D eigenvalue weighted by Gasteiger charge is 2.08. The molecule has 0 spiro atoms. The van der Waals surface area contributed by atoms with Gasteiger partial charge in [0.2, 0.25) is 5.91 Å². The molecule has 6 heteroatoms. The van der Waals surface area contributed by atoms with E-state index in [1.54, 1.807) is 7.05 Å². The van der Waals surface area contributed by atoms with Crippen LogP contribution in [-0.2, 0) is 11.3 Å². The first kappa shape index (κ1) is 22.8. The van der Waals surface area contributed by atoms with Crippen molar-refractivity contribution in [1.82, 2.24) is 16.0 Å². The van der Waals surface area contributed by atoms with E-state index in [2.05, 4.69) is 59.9 Å². The number of aryl methyl sites for hydroxylation is 1. The molecular formula is C21H36N4O2. The highest BCUT2D eigenvalue weighted by Crippen LogP contribution is 2.21. The lowest BCUT2D eigenvalue weighted by Crippen LogP contribution is -2.39. The van der Waals surface area contributed by atoms with Crippen LogP contribution < -0.4 is 20.7 Å². The topological polar surface area (TPSA) is 74.8 Å². The Morgan fingerprint density at radius 2 is 1.93 bits per heavy atom. The van der Waals surface area contributed by atoms with Gasteiger partial charge in [0.1, 0.15) is 5.75 Å². The van der Waals surface area contributed by atoms with Crippen LogP contribution in [0.2, 0.25) is 0 Å². The second-order valence-electron chi connectivity index (χ2n) is 7.47. The van der Waals surface area contributed by atoms with E-state index in [-0.39, 0.29) is 11.9 Å². The molecule has 1 amide bonds. The zero-order chi connectivity index (χ0) is 20.2. The largest absolute Gasteiger partial charge is 0.493 e. The molecule has 0 aliphatic carbocycles. The Labute approximate surface area is 164 Å². The van der Waals surface area contributed by atoms with Crippen molar-refractivity contribution < 1.29 is 9.53 Å². The van der Waals surface area contributed by atoms with Crippen molar-refractivity contribution in [2.24, 2.45) is 10.9 Å². The Balaban J connectivity index is 2.53. The molecule has 1 rings (SSSR count). The van der Waals surface area contributed by atoms with Gasteiger partial charge in [-0.25, -0.2) is 0 Å². The Morgan fingerprint density at radius 1 is 1.19 bits per heavy atom. The van der Waals surface area contributed by atoms with E-state index in [0.717, 1.165) is 17.7 Å². The van der Waals surface area contributed by atoms with Crippen molar-refractivity contribution in [3.05, 3.63) is 29.3 Å². The van der Waals surface area contributed by atoms with Crippen molar-refractivity contribution in [1.29, 1.82) is 0 Å².